The molecule has 42 heavy (non-hydrogen) atoms. The summed E-state index contributed by atoms with van der Waals surface area (Å²) in [5, 5.41) is 8.90. The fourth-order valence-corrected chi connectivity index (χ4v) is 5.08. The summed E-state index contributed by atoms with van der Waals surface area (Å²) in [7, 11) is 0. The Morgan fingerprint density at radius 1 is 1.14 bits per heavy atom. The summed E-state index contributed by atoms with van der Waals surface area (Å²) in [5.41, 5.74) is -0.792. The summed E-state index contributed by atoms with van der Waals surface area (Å²) >= 11 is 0. The van der Waals surface area contributed by atoms with Gasteiger partial charge in [0.15, 0.2) is 17.3 Å². The first-order valence-corrected chi connectivity index (χ1v) is 12.6. The van der Waals surface area contributed by atoms with E-state index in [9.17, 15) is 36.3 Å². The van der Waals surface area contributed by atoms with Crippen molar-refractivity contribution in [2.45, 2.75) is 37.7 Å². The highest BCUT2D eigenvalue weighted by Crippen LogP contribution is 2.43. The lowest BCUT2D eigenvalue weighted by atomic mass is 9.92. The van der Waals surface area contributed by atoms with E-state index in [0.29, 0.717) is 21.6 Å². The Morgan fingerprint density at radius 2 is 1.86 bits per heavy atom. The Bertz CT molecular complexity index is 1640. The Labute approximate surface area is 235 Å². The SMILES string of the molecule is C[C@H](N(Cc1ccc(F)cc1)C(=O)CN1CO[C@]2(C(=O)Cc3cc(-c4cnc(C#N)c(F)c4)ccc32)C1=O)C(F)(F)F. The Kier molecular flexibility index (Phi) is 7.28. The molecule has 0 saturated carbocycles. The van der Waals surface area contributed by atoms with E-state index in [1.165, 1.54) is 30.5 Å². The predicted molar refractivity (Wildman–Crippen MR) is 135 cm³/mol. The van der Waals surface area contributed by atoms with Crippen LogP contribution in [0.3, 0.4) is 0 Å². The minimum atomic E-state index is -4.78. The monoisotopic (exact) mass is 584 g/mol. The molecule has 1 saturated heterocycles. The molecule has 1 fully saturated rings. The van der Waals surface area contributed by atoms with Gasteiger partial charge in [-0.1, -0.05) is 30.3 Å². The minimum absolute atomic E-state index is 0.213. The van der Waals surface area contributed by atoms with Crippen molar-refractivity contribution >= 4 is 17.6 Å². The van der Waals surface area contributed by atoms with Crippen LogP contribution in [0.4, 0.5) is 22.0 Å². The Morgan fingerprint density at radius 3 is 2.50 bits per heavy atom. The molecule has 0 N–H and O–H groups in total. The number of benzene rings is 2. The molecule has 8 nitrogen and oxygen atoms in total. The highest BCUT2D eigenvalue weighted by atomic mass is 19.4. The normalized spacial score (nSPS) is 18.7. The molecule has 1 aliphatic carbocycles. The second-order valence-corrected chi connectivity index (χ2v) is 9.96. The molecule has 2 aliphatic rings. The first kappa shape index (κ1) is 28.8. The maximum absolute atomic E-state index is 14.1. The number of hydrogen-bond donors (Lipinski definition) is 0. The van der Waals surface area contributed by atoms with Crippen LogP contribution in [0, 0.1) is 23.0 Å². The van der Waals surface area contributed by atoms with Crippen molar-refractivity contribution in [1.82, 2.24) is 14.8 Å². The van der Waals surface area contributed by atoms with Gasteiger partial charge in [0.05, 0.1) is 0 Å². The van der Waals surface area contributed by atoms with E-state index in [-0.39, 0.29) is 23.2 Å². The van der Waals surface area contributed by atoms with Crippen LogP contribution < -0.4 is 0 Å². The largest absolute Gasteiger partial charge is 0.408 e. The van der Waals surface area contributed by atoms with Crippen molar-refractivity contribution in [2.75, 3.05) is 13.3 Å². The lowest BCUT2D eigenvalue weighted by molar-refractivity contribution is -0.187. The third-order valence-electron chi connectivity index (χ3n) is 7.39. The Balaban J connectivity index is 1.39. The second kappa shape index (κ2) is 10.6. The number of carbonyl (C=O) groups is 3. The molecule has 1 aromatic heterocycles. The number of hydrogen-bond acceptors (Lipinski definition) is 6. The van der Waals surface area contributed by atoms with Gasteiger partial charge in [0.2, 0.25) is 11.5 Å². The van der Waals surface area contributed by atoms with E-state index in [1.54, 1.807) is 12.1 Å². The van der Waals surface area contributed by atoms with Crippen molar-refractivity contribution < 1.29 is 41.1 Å². The van der Waals surface area contributed by atoms with Gasteiger partial charge in [-0.05, 0) is 41.8 Å². The smallest absolute Gasteiger partial charge is 0.332 e. The van der Waals surface area contributed by atoms with Crippen molar-refractivity contribution in [3.05, 3.63) is 88.7 Å². The van der Waals surface area contributed by atoms with E-state index < -0.39 is 66.9 Å². The number of ketones is 1. The predicted octanol–water partition coefficient (Wildman–Crippen LogP) is 4.01. The van der Waals surface area contributed by atoms with Gasteiger partial charge < -0.3 is 14.5 Å². The summed E-state index contributed by atoms with van der Waals surface area (Å²) in [4.78, 5) is 45.1. The van der Waals surface area contributed by atoms with Crippen LogP contribution >= 0.6 is 0 Å². The van der Waals surface area contributed by atoms with Crippen molar-refractivity contribution in [1.29, 1.82) is 5.26 Å². The summed E-state index contributed by atoms with van der Waals surface area (Å²) in [6.07, 6.45) is -3.71. The minimum Gasteiger partial charge on any atom is -0.332 e. The average Bonchev–Trinajstić information content (AvgIpc) is 3.42. The molecule has 3 aromatic rings. The number of nitrogens with zero attached hydrogens (tertiary/aromatic N) is 4. The lowest BCUT2D eigenvalue weighted by Crippen LogP contribution is -2.51. The van der Waals surface area contributed by atoms with E-state index in [0.717, 1.165) is 30.0 Å². The number of amides is 2. The number of Topliss-reactive ketones (excluding diaryl/α,β-unsaturated/α-hetero) is 1. The summed E-state index contributed by atoms with van der Waals surface area (Å²) in [6, 6.07) is 9.67. The number of halogens is 5. The maximum Gasteiger partial charge on any atom is 0.408 e. The zero-order chi connectivity index (χ0) is 30.4. The van der Waals surface area contributed by atoms with E-state index in [4.69, 9.17) is 10.00 Å². The summed E-state index contributed by atoms with van der Waals surface area (Å²) < 4.78 is 74.0. The van der Waals surface area contributed by atoms with Crippen LogP contribution in [0.5, 0.6) is 0 Å². The van der Waals surface area contributed by atoms with E-state index in [1.807, 2.05) is 0 Å². The third-order valence-corrected chi connectivity index (χ3v) is 7.39. The maximum atomic E-state index is 14.1. The van der Waals surface area contributed by atoms with Gasteiger partial charge in [-0.15, -0.1) is 0 Å². The number of fused-ring (bicyclic) bond motifs is 2. The summed E-state index contributed by atoms with van der Waals surface area (Å²) in [5.74, 6) is -3.98. The molecule has 0 bridgehead atoms. The second-order valence-electron chi connectivity index (χ2n) is 9.96. The zero-order valence-electron chi connectivity index (χ0n) is 21.9. The topological polar surface area (TPSA) is 104 Å². The molecule has 216 valence electrons. The van der Waals surface area contributed by atoms with Gasteiger partial charge in [-0.25, -0.2) is 13.8 Å². The molecule has 5 rings (SSSR count). The molecule has 2 amide bonds. The van der Waals surface area contributed by atoms with Crippen LogP contribution in [0.15, 0.2) is 54.7 Å². The number of alkyl halides is 3. The van der Waals surface area contributed by atoms with Crippen LogP contribution in [0.1, 0.15) is 29.3 Å². The Hall–Kier alpha value is -4.70. The van der Waals surface area contributed by atoms with Crippen LogP contribution in [0.2, 0.25) is 0 Å². The molecule has 2 atom stereocenters. The number of carbonyl (C=O) groups excluding carboxylic acids is 3. The van der Waals surface area contributed by atoms with Gasteiger partial charge in [-0.2, -0.15) is 18.4 Å². The zero-order valence-corrected chi connectivity index (χ0v) is 21.9. The molecular formula is C29H21F5N4O4. The van der Waals surface area contributed by atoms with Crippen molar-refractivity contribution in [3.8, 4) is 17.2 Å². The first-order valence-electron chi connectivity index (χ1n) is 12.6. The number of nitriles is 1. The lowest BCUT2D eigenvalue weighted by Gasteiger charge is -2.32. The molecule has 0 unspecified atom stereocenters. The standard InChI is InChI=1S/C29H21F5N4O4/c1-16(29(32,33)34)38(13-17-2-5-21(30)6-3-17)26(40)14-37-15-42-28(27(37)41)22-7-4-18(8-19(22)10-25(28)39)20-9-23(31)24(11-35)36-12-20/h2-9,12,16H,10,13-15H2,1H3/t16-,28+/m0/s1. The molecule has 2 heterocycles. The molecule has 1 aliphatic heterocycles. The fraction of sp³-hybridized carbons (Fsp3) is 0.276. The molecule has 1 spiro atoms. The highest BCUT2D eigenvalue weighted by molar-refractivity contribution is 6.15. The van der Waals surface area contributed by atoms with E-state index >= 15 is 0 Å². The number of aromatic nitrogens is 1. The first-order chi connectivity index (χ1) is 19.8. The number of ether oxygens (including phenoxy) is 1. The van der Waals surface area contributed by atoms with Crippen LogP contribution in [-0.4, -0.2) is 57.9 Å². The molecular weight excluding hydrogens is 563 g/mol. The van der Waals surface area contributed by atoms with Gasteiger partial charge in [0.25, 0.3) is 5.91 Å². The van der Waals surface area contributed by atoms with Crippen LogP contribution in [0.25, 0.3) is 11.1 Å². The number of rotatable bonds is 6. The molecule has 0 radical (unpaired) electrons. The van der Waals surface area contributed by atoms with Gasteiger partial charge >= 0.3 is 6.18 Å². The van der Waals surface area contributed by atoms with Crippen LogP contribution in [-0.2, 0) is 37.7 Å². The van der Waals surface area contributed by atoms with Crippen molar-refractivity contribution in [2.24, 2.45) is 0 Å². The molecule has 13 heteroatoms. The highest BCUT2D eigenvalue weighted by Gasteiger charge is 2.59. The number of pyridine rings is 1. The van der Waals surface area contributed by atoms with Gasteiger partial charge in [0.1, 0.15) is 31.2 Å². The van der Waals surface area contributed by atoms with Gasteiger partial charge in [-0.3, -0.25) is 14.4 Å². The average molecular weight is 585 g/mol. The van der Waals surface area contributed by atoms with Crippen molar-refractivity contribution in [3.63, 3.8) is 0 Å². The summed E-state index contributed by atoms with van der Waals surface area (Å²) in [6.45, 7) is -1.01. The fourth-order valence-electron chi connectivity index (χ4n) is 5.08. The molecule has 2 aromatic carbocycles. The van der Waals surface area contributed by atoms with Gasteiger partial charge in [0, 0.05) is 30.3 Å². The quantitative estimate of drug-likeness (QED) is 0.321. The van der Waals surface area contributed by atoms with E-state index in [2.05, 4.69) is 4.98 Å². The third kappa shape index (κ3) is 4.98.